The third-order valence-electron chi connectivity index (χ3n) is 3.60. The Morgan fingerprint density at radius 3 is 2.96 bits per heavy atom. The molecule has 122 valence electrons. The van der Waals surface area contributed by atoms with Crippen molar-refractivity contribution >= 4 is 38.9 Å². The summed E-state index contributed by atoms with van der Waals surface area (Å²) in [6.45, 7) is 4.52. The average molecular weight is 399 g/mol. The maximum absolute atomic E-state index is 6.07. The van der Waals surface area contributed by atoms with Crippen LogP contribution in [0.2, 0.25) is 5.28 Å². The van der Waals surface area contributed by atoms with E-state index >= 15 is 0 Å². The highest BCUT2D eigenvalue weighted by atomic mass is 79.9. The number of rotatable bonds is 5. The first-order valence-electron chi connectivity index (χ1n) is 7.22. The number of aryl methyl sites for hydroxylation is 1. The average Bonchev–Trinajstić information content (AvgIpc) is 3.08. The zero-order valence-electron chi connectivity index (χ0n) is 12.8. The first kappa shape index (κ1) is 16.3. The molecule has 0 fully saturated rings. The van der Waals surface area contributed by atoms with Crippen LogP contribution in [0, 0.1) is 6.92 Å². The van der Waals surface area contributed by atoms with Crippen LogP contribution < -0.4 is 11.1 Å². The van der Waals surface area contributed by atoms with E-state index in [1.807, 2.05) is 26.0 Å². The fourth-order valence-electron chi connectivity index (χ4n) is 2.57. The van der Waals surface area contributed by atoms with Gasteiger partial charge in [-0.3, -0.25) is 0 Å². The van der Waals surface area contributed by atoms with Crippen LogP contribution in [0.1, 0.15) is 23.8 Å². The minimum Gasteiger partial charge on any atom is -0.467 e. The maximum atomic E-state index is 6.07. The smallest absolute Gasteiger partial charge is 0.243 e. The van der Waals surface area contributed by atoms with E-state index in [-0.39, 0.29) is 11.3 Å². The summed E-state index contributed by atoms with van der Waals surface area (Å²) in [7, 11) is 0. The van der Waals surface area contributed by atoms with Crippen molar-refractivity contribution in [1.82, 2.24) is 14.6 Å². The van der Waals surface area contributed by atoms with Crippen molar-refractivity contribution in [3.05, 3.63) is 45.2 Å². The predicted octanol–water partition coefficient (Wildman–Crippen LogP) is 3.55. The van der Waals surface area contributed by atoms with Gasteiger partial charge in [-0.15, -0.1) is 5.10 Å². The lowest BCUT2D eigenvalue weighted by molar-refractivity contribution is 0.518. The molecule has 6 nitrogen and oxygen atoms in total. The molecule has 0 aromatic carbocycles. The standard InChI is InChI=1S/C15H17BrClN5O/c1-8(18)6-11-9(2)12-14(19-7-10-4-3-5-23-10)20-15(17)21-22(12)13(11)16/h3-5,8H,6-7,18H2,1-2H3,(H,19,20,21)/t8-/m0/s1. The van der Waals surface area contributed by atoms with Crippen LogP contribution >= 0.6 is 27.5 Å². The third kappa shape index (κ3) is 3.22. The second-order valence-electron chi connectivity index (χ2n) is 5.50. The molecule has 3 aromatic heterocycles. The van der Waals surface area contributed by atoms with Gasteiger partial charge in [-0.05, 0) is 71.1 Å². The zero-order chi connectivity index (χ0) is 16.6. The zero-order valence-corrected chi connectivity index (χ0v) is 15.1. The summed E-state index contributed by atoms with van der Waals surface area (Å²) in [5, 5.41) is 7.72. The Hall–Kier alpha value is -1.57. The summed E-state index contributed by atoms with van der Waals surface area (Å²) in [6, 6.07) is 3.79. The molecule has 0 amide bonds. The molecule has 3 heterocycles. The Morgan fingerprint density at radius 2 is 2.30 bits per heavy atom. The van der Waals surface area contributed by atoms with Gasteiger partial charge in [0.05, 0.1) is 12.8 Å². The monoisotopic (exact) mass is 397 g/mol. The molecule has 0 bridgehead atoms. The molecule has 3 aromatic rings. The number of nitrogens with zero attached hydrogens (tertiary/aromatic N) is 3. The van der Waals surface area contributed by atoms with E-state index in [1.165, 1.54) is 0 Å². The number of furan rings is 1. The molecule has 0 aliphatic heterocycles. The lowest BCUT2D eigenvalue weighted by Gasteiger charge is -2.07. The lowest BCUT2D eigenvalue weighted by atomic mass is 10.1. The van der Waals surface area contributed by atoms with E-state index in [2.05, 4.69) is 31.3 Å². The van der Waals surface area contributed by atoms with Gasteiger partial charge in [0.1, 0.15) is 15.9 Å². The Kier molecular flexibility index (Phi) is 4.61. The number of nitrogens with one attached hydrogen (secondary N) is 1. The van der Waals surface area contributed by atoms with Crippen molar-refractivity contribution in [1.29, 1.82) is 0 Å². The molecule has 0 saturated carbocycles. The Labute approximate surface area is 147 Å². The van der Waals surface area contributed by atoms with Crippen LogP contribution in [0.5, 0.6) is 0 Å². The van der Waals surface area contributed by atoms with Crippen LogP contribution in [0.25, 0.3) is 5.52 Å². The summed E-state index contributed by atoms with van der Waals surface area (Å²) in [4.78, 5) is 4.32. The van der Waals surface area contributed by atoms with E-state index in [1.54, 1.807) is 10.8 Å². The molecule has 0 unspecified atom stereocenters. The molecule has 0 radical (unpaired) electrons. The molecular formula is C15H17BrClN5O. The molecular weight excluding hydrogens is 382 g/mol. The molecule has 0 aliphatic carbocycles. The number of nitrogens with two attached hydrogens (primary N) is 1. The molecule has 3 rings (SSSR count). The first-order valence-corrected chi connectivity index (χ1v) is 8.39. The molecule has 3 N–H and O–H groups in total. The summed E-state index contributed by atoms with van der Waals surface area (Å²) >= 11 is 9.67. The highest BCUT2D eigenvalue weighted by molar-refractivity contribution is 9.10. The number of aromatic nitrogens is 3. The second-order valence-corrected chi connectivity index (χ2v) is 6.59. The molecule has 23 heavy (non-hydrogen) atoms. The lowest BCUT2D eigenvalue weighted by Crippen LogP contribution is -2.18. The summed E-state index contributed by atoms with van der Waals surface area (Å²) in [5.41, 5.74) is 9.02. The SMILES string of the molecule is Cc1c(C[C@H](C)N)c(Br)n2nc(Cl)nc(NCc3ccco3)c12. The topological polar surface area (TPSA) is 81.4 Å². The summed E-state index contributed by atoms with van der Waals surface area (Å²) < 4.78 is 7.95. The van der Waals surface area contributed by atoms with Crippen LogP contribution in [0.4, 0.5) is 5.82 Å². The maximum Gasteiger partial charge on any atom is 0.243 e. The van der Waals surface area contributed by atoms with Gasteiger partial charge in [-0.1, -0.05) is 0 Å². The largest absolute Gasteiger partial charge is 0.467 e. The predicted molar refractivity (Wildman–Crippen MR) is 93.8 cm³/mol. The molecule has 1 atom stereocenters. The van der Waals surface area contributed by atoms with Crippen LogP contribution in [0.3, 0.4) is 0 Å². The second kappa shape index (κ2) is 6.51. The molecule has 0 saturated heterocycles. The molecule has 0 spiro atoms. The van der Waals surface area contributed by atoms with Gasteiger partial charge in [0.2, 0.25) is 5.28 Å². The normalized spacial score (nSPS) is 12.7. The first-order chi connectivity index (χ1) is 11.0. The van der Waals surface area contributed by atoms with Crippen molar-refractivity contribution in [2.75, 3.05) is 5.32 Å². The Balaban J connectivity index is 2.06. The fraction of sp³-hybridized carbons (Fsp3) is 0.333. The number of hydrogen-bond acceptors (Lipinski definition) is 5. The fourth-order valence-corrected chi connectivity index (χ4v) is 3.45. The number of halogens is 2. The number of anilines is 1. The van der Waals surface area contributed by atoms with Crippen LogP contribution in [-0.4, -0.2) is 20.6 Å². The van der Waals surface area contributed by atoms with Gasteiger partial charge in [0.25, 0.3) is 0 Å². The third-order valence-corrected chi connectivity index (χ3v) is 4.58. The van der Waals surface area contributed by atoms with Gasteiger partial charge in [0.15, 0.2) is 5.82 Å². The van der Waals surface area contributed by atoms with Crippen LogP contribution in [0.15, 0.2) is 27.4 Å². The Bertz CT molecular complexity index is 828. The van der Waals surface area contributed by atoms with E-state index in [9.17, 15) is 0 Å². The van der Waals surface area contributed by atoms with Crippen molar-refractivity contribution < 1.29 is 4.42 Å². The quantitative estimate of drug-likeness (QED) is 0.687. The van der Waals surface area contributed by atoms with Gasteiger partial charge < -0.3 is 15.5 Å². The highest BCUT2D eigenvalue weighted by Crippen LogP contribution is 2.32. The van der Waals surface area contributed by atoms with Gasteiger partial charge in [0, 0.05) is 6.04 Å². The van der Waals surface area contributed by atoms with Crippen molar-refractivity contribution in [2.45, 2.75) is 32.9 Å². The van der Waals surface area contributed by atoms with Crippen LogP contribution in [-0.2, 0) is 13.0 Å². The van der Waals surface area contributed by atoms with Crippen molar-refractivity contribution in [3.8, 4) is 0 Å². The van der Waals surface area contributed by atoms with E-state index < -0.39 is 0 Å². The highest BCUT2D eigenvalue weighted by Gasteiger charge is 2.20. The van der Waals surface area contributed by atoms with Gasteiger partial charge >= 0.3 is 0 Å². The minimum atomic E-state index is 0.0466. The van der Waals surface area contributed by atoms with E-state index in [0.29, 0.717) is 12.4 Å². The number of fused-ring (bicyclic) bond motifs is 1. The minimum absolute atomic E-state index is 0.0466. The Morgan fingerprint density at radius 1 is 1.52 bits per heavy atom. The number of hydrogen-bond donors (Lipinski definition) is 2. The molecule has 0 aliphatic rings. The molecule has 8 heteroatoms. The summed E-state index contributed by atoms with van der Waals surface area (Å²) in [6.07, 6.45) is 2.38. The van der Waals surface area contributed by atoms with E-state index in [4.69, 9.17) is 21.8 Å². The van der Waals surface area contributed by atoms with E-state index in [0.717, 1.165) is 33.4 Å². The van der Waals surface area contributed by atoms with Crippen molar-refractivity contribution in [2.24, 2.45) is 5.73 Å². The van der Waals surface area contributed by atoms with Gasteiger partial charge in [-0.25, -0.2) is 4.52 Å². The van der Waals surface area contributed by atoms with Crippen molar-refractivity contribution in [3.63, 3.8) is 0 Å². The summed E-state index contributed by atoms with van der Waals surface area (Å²) in [5.74, 6) is 1.48. The van der Waals surface area contributed by atoms with Gasteiger partial charge in [-0.2, -0.15) is 4.98 Å².